The van der Waals surface area contributed by atoms with Crippen molar-refractivity contribution in [2.24, 2.45) is 0 Å². The Morgan fingerprint density at radius 1 is 0.667 bits per heavy atom. The van der Waals surface area contributed by atoms with E-state index in [2.05, 4.69) is 43.0 Å². The molecule has 0 fully saturated rings. The number of hydrogen-bond donors (Lipinski definition) is 0. The van der Waals surface area contributed by atoms with Crippen LogP contribution in [0.3, 0.4) is 0 Å². The van der Waals surface area contributed by atoms with Gasteiger partial charge < -0.3 is 4.90 Å². The molecule has 0 bridgehead atoms. The molecule has 2 aromatic rings. The Bertz CT molecular complexity index is 938. The van der Waals surface area contributed by atoms with Crippen molar-refractivity contribution in [3.05, 3.63) is 69.5 Å². The van der Waals surface area contributed by atoms with Crippen molar-refractivity contribution in [3.8, 4) is 0 Å². The van der Waals surface area contributed by atoms with Crippen molar-refractivity contribution in [3.63, 3.8) is 0 Å². The van der Waals surface area contributed by atoms with Crippen molar-refractivity contribution in [1.82, 2.24) is 0 Å². The first-order valence-corrected chi connectivity index (χ1v) is 15.5. The summed E-state index contributed by atoms with van der Waals surface area (Å²) in [4.78, 5) is 12.7. The first kappa shape index (κ1) is 32.5. The Kier molecular flexibility index (Phi) is 16.9. The summed E-state index contributed by atoms with van der Waals surface area (Å²) >= 11 is 0. The van der Waals surface area contributed by atoms with E-state index in [9.17, 15) is 14.5 Å². The van der Waals surface area contributed by atoms with Crippen LogP contribution in [0, 0.1) is 15.9 Å². The number of halogens is 1. The van der Waals surface area contributed by atoms with Gasteiger partial charge in [0.05, 0.1) is 4.92 Å². The third-order valence-corrected chi connectivity index (χ3v) is 7.46. The minimum atomic E-state index is -0.810. The maximum atomic E-state index is 13.9. The largest absolute Gasteiger partial charge is 0.372 e. The second-order valence-corrected chi connectivity index (χ2v) is 10.8. The SMILES string of the molecule is CCCCCCCCCCN(CCCCCCCCCC)c1ccc(C=Cc2ccc([N+](=O)[O-])c(F)c2)cc1. The highest BCUT2D eigenvalue weighted by Crippen LogP contribution is 2.22. The zero-order valence-electron chi connectivity index (χ0n) is 24.5. The molecular weight excluding hydrogens is 487 g/mol. The van der Waals surface area contributed by atoms with Crippen LogP contribution in [0.25, 0.3) is 12.2 Å². The van der Waals surface area contributed by atoms with Crippen LogP contribution >= 0.6 is 0 Å². The summed E-state index contributed by atoms with van der Waals surface area (Å²) in [7, 11) is 0. The first-order chi connectivity index (χ1) is 19.0. The van der Waals surface area contributed by atoms with E-state index < -0.39 is 16.4 Å². The van der Waals surface area contributed by atoms with Crippen LogP contribution in [0.1, 0.15) is 128 Å². The minimum absolute atomic E-state index is 0.496. The van der Waals surface area contributed by atoms with Crippen LogP contribution in [0.5, 0.6) is 0 Å². The molecule has 0 aliphatic heterocycles. The average molecular weight is 539 g/mol. The van der Waals surface area contributed by atoms with E-state index in [4.69, 9.17) is 0 Å². The van der Waals surface area contributed by atoms with Crippen LogP contribution in [0.15, 0.2) is 42.5 Å². The number of anilines is 1. The number of nitrogens with zero attached hydrogens (tertiary/aromatic N) is 2. The van der Waals surface area contributed by atoms with Gasteiger partial charge in [-0.15, -0.1) is 0 Å². The highest BCUT2D eigenvalue weighted by Gasteiger charge is 2.13. The molecule has 0 unspecified atom stereocenters. The Balaban J connectivity index is 1.89. The minimum Gasteiger partial charge on any atom is -0.372 e. The summed E-state index contributed by atoms with van der Waals surface area (Å²) in [5.41, 5.74) is 2.40. The molecule has 0 radical (unpaired) electrons. The molecular formula is C34H51FN2O2. The topological polar surface area (TPSA) is 46.4 Å². The van der Waals surface area contributed by atoms with Crippen molar-refractivity contribution < 1.29 is 9.31 Å². The Labute approximate surface area is 236 Å². The molecule has 4 nitrogen and oxygen atoms in total. The first-order valence-electron chi connectivity index (χ1n) is 15.5. The highest BCUT2D eigenvalue weighted by molar-refractivity contribution is 5.71. The number of rotatable bonds is 22. The summed E-state index contributed by atoms with van der Waals surface area (Å²) < 4.78 is 13.9. The lowest BCUT2D eigenvalue weighted by atomic mass is 10.1. The van der Waals surface area contributed by atoms with Crippen LogP contribution in [-0.2, 0) is 0 Å². The highest BCUT2D eigenvalue weighted by atomic mass is 19.1. The Morgan fingerprint density at radius 3 is 1.56 bits per heavy atom. The van der Waals surface area contributed by atoms with E-state index in [1.165, 1.54) is 121 Å². The van der Waals surface area contributed by atoms with Gasteiger partial charge in [-0.2, -0.15) is 4.39 Å². The number of hydrogen-bond acceptors (Lipinski definition) is 3. The van der Waals surface area contributed by atoms with Crippen LogP contribution in [-0.4, -0.2) is 18.0 Å². The van der Waals surface area contributed by atoms with Gasteiger partial charge in [0.1, 0.15) is 0 Å². The van der Waals surface area contributed by atoms with Gasteiger partial charge in [0.15, 0.2) is 0 Å². The van der Waals surface area contributed by atoms with E-state index in [-0.39, 0.29) is 0 Å². The number of nitro benzene ring substituents is 1. The predicted octanol–water partition coefficient (Wildman–Crippen LogP) is 11.0. The smallest absolute Gasteiger partial charge is 0.304 e. The maximum Gasteiger partial charge on any atom is 0.304 e. The molecule has 0 N–H and O–H groups in total. The molecule has 39 heavy (non-hydrogen) atoms. The number of benzene rings is 2. The molecule has 0 amide bonds. The molecule has 5 heteroatoms. The summed E-state index contributed by atoms with van der Waals surface area (Å²) in [6.07, 6.45) is 25.0. The Hall–Kier alpha value is -2.69. The van der Waals surface area contributed by atoms with E-state index in [0.29, 0.717) is 5.56 Å². The van der Waals surface area contributed by atoms with Crippen LogP contribution in [0.2, 0.25) is 0 Å². The molecule has 0 aromatic heterocycles. The average Bonchev–Trinajstić information content (AvgIpc) is 2.93. The van der Waals surface area contributed by atoms with E-state index >= 15 is 0 Å². The molecule has 0 aliphatic carbocycles. The summed E-state index contributed by atoms with van der Waals surface area (Å²) in [6, 6.07) is 12.6. The molecule has 0 saturated heterocycles. The van der Waals surface area contributed by atoms with E-state index in [1.54, 1.807) is 12.1 Å². The lowest BCUT2D eigenvalue weighted by Crippen LogP contribution is -2.25. The lowest BCUT2D eigenvalue weighted by molar-refractivity contribution is -0.387. The summed E-state index contributed by atoms with van der Waals surface area (Å²) in [6.45, 7) is 6.74. The fourth-order valence-corrected chi connectivity index (χ4v) is 5.01. The predicted molar refractivity (Wildman–Crippen MR) is 166 cm³/mol. The molecule has 2 rings (SSSR count). The van der Waals surface area contributed by atoms with Crippen molar-refractivity contribution >= 4 is 23.5 Å². The molecule has 2 aromatic carbocycles. The van der Waals surface area contributed by atoms with Gasteiger partial charge in [-0.05, 0) is 48.2 Å². The third kappa shape index (κ3) is 13.8. The quantitative estimate of drug-likeness (QED) is 0.0648. The second kappa shape index (κ2) is 20.2. The monoisotopic (exact) mass is 538 g/mol. The van der Waals surface area contributed by atoms with Gasteiger partial charge in [0.25, 0.3) is 0 Å². The summed E-state index contributed by atoms with van der Waals surface area (Å²) in [5.74, 6) is -0.810. The molecule has 0 atom stereocenters. The van der Waals surface area contributed by atoms with Gasteiger partial charge in [0.2, 0.25) is 5.82 Å². The van der Waals surface area contributed by atoms with E-state index in [1.807, 2.05) is 6.08 Å². The lowest BCUT2D eigenvalue weighted by Gasteiger charge is -2.25. The van der Waals surface area contributed by atoms with Gasteiger partial charge in [-0.3, -0.25) is 10.1 Å². The Morgan fingerprint density at radius 2 is 1.10 bits per heavy atom. The van der Waals surface area contributed by atoms with E-state index in [0.717, 1.165) is 18.7 Å². The maximum absolute atomic E-state index is 13.9. The van der Waals surface area contributed by atoms with Gasteiger partial charge in [-0.1, -0.05) is 128 Å². The zero-order chi connectivity index (χ0) is 28.1. The molecule has 0 heterocycles. The fourth-order valence-electron chi connectivity index (χ4n) is 5.01. The second-order valence-electron chi connectivity index (χ2n) is 10.8. The van der Waals surface area contributed by atoms with Gasteiger partial charge in [-0.25, -0.2) is 0 Å². The zero-order valence-corrected chi connectivity index (χ0v) is 24.5. The van der Waals surface area contributed by atoms with Crippen molar-refractivity contribution in [2.75, 3.05) is 18.0 Å². The van der Waals surface area contributed by atoms with Crippen molar-refractivity contribution in [1.29, 1.82) is 0 Å². The van der Waals surface area contributed by atoms with Gasteiger partial charge >= 0.3 is 5.69 Å². The molecule has 0 saturated carbocycles. The standard InChI is InChI=1S/C34H51FN2O2/c1-3-5-7-9-11-13-15-17-27-36(28-18-16-14-12-10-8-6-4-2)32-24-21-30(22-25-32)19-20-31-23-26-34(37(38)39)33(35)29-31/h19-26,29H,3-18,27-28H2,1-2H3. The van der Waals surface area contributed by atoms with Crippen LogP contribution in [0.4, 0.5) is 15.8 Å². The van der Waals surface area contributed by atoms with Crippen LogP contribution < -0.4 is 4.90 Å². The van der Waals surface area contributed by atoms with Crippen molar-refractivity contribution in [2.45, 2.75) is 117 Å². The normalized spacial score (nSPS) is 11.4. The molecule has 0 spiro atoms. The molecule has 0 aliphatic rings. The molecule has 216 valence electrons. The number of unbranched alkanes of at least 4 members (excludes halogenated alkanes) is 14. The van der Waals surface area contributed by atoms with Gasteiger partial charge in [0, 0.05) is 24.8 Å². The third-order valence-electron chi connectivity index (χ3n) is 7.46. The summed E-state index contributed by atoms with van der Waals surface area (Å²) in [5, 5.41) is 10.8. The fraction of sp³-hybridized carbons (Fsp3) is 0.588. The number of nitro groups is 1.